The van der Waals surface area contributed by atoms with Crippen molar-refractivity contribution in [2.45, 2.75) is 63.9 Å². The van der Waals surface area contributed by atoms with E-state index in [0.29, 0.717) is 24.8 Å². The maximum Gasteiger partial charge on any atom is 0.345 e. The van der Waals surface area contributed by atoms with E-state index in [-0.39, 0.29) is 29.6 Å². The van der Waals surface area contributed by atoms with Crippen molar-refractivity contribution in [1.29, 1.82) is 0 Å². The topological polar surface area (TPSA) is 133 Å². The summed E-state index contributed by atoms with van der Waals surface area (Å²) >= 11 is 0. The molecule has 2 aromatic heterocycles. The molecule has 2 fully saturated rings. The van der Waals surface area contributed by atoms with Crippen molar-refractivity contribution >= 4 is 0 Å². The standard InChI is InChI=1S/C25H31NO7/c1-23-7-6-17(28)24(2,12-27)16(23)10-18(29)25(3)21(23)20(30)19-15(33-25)9-14(32-22(19)31)13-5-4-8-26-11-13/h4-5,8-9,11,16-18,20-21,27-30H,6-7,10,12H2,1-3H3/t16-,17+,18+,20+,21-,23+,24?,25-/m1/s1. The number of hydrogen-bond acceptors (Lipinski definition) is 8. The SMILES string of the molecule is CC1(CO)[C@@H](O)CC[C@]2(C)[C@H]3[C@@H](O)c4c(cc(-c5cccnc5)oc4=O)O[C@]3(C)[C@@H](O)C[C@@H]12. The number of fused-ring (bicyclic) bond motifs is 4. The van der Waals surface area contributed by atoms with E-state index in [9.17, 15) is 25.2 Å². The molecule has 2 aliphatic carbocycles. The normalized spacial score (nSPS) is 42.0. The van der Waals surface area contributed by atoms with Crippen molar-refractivity contribution in [2.75, 3.05) is 6.61 Å². The minimum Gasteiger partial charge on any atom is -0.484 e. The van der Waals surface area contributed by atoms with E-state index < -0.39 is 46.3 Å². The van der Waals surface area contributed by atoms with Crippen LogP contribution in [-0.2, 0) is 0 Å². The van der Waals surface area contributed by atoms with E-state index in [1.165, 1.54) is 0 Å². The molecule has 2 aromatic rings. The fourth-order valence-electron chi connectivity index (χ4n) is 7.08. The Morgan fingerprint density at radius 2 is 1.94 bits per heavy atom. The minimum absolute atomic E-state index is 0.0380. The Kier molecular flexibility index (Phi) is 5.03. The van der Waals surface area contributed by atoms with Crippen LogP contribution in [0.15, 0.2) is 39.8 Å². The fourth-order valence-corrected chi connectivity index (χ4v) is 7.08. The van der Waals surface area contributed by atoms with Gasteiger partial charge in [0.2, 0.25) is 0 Å². The lowest BCUT2D eigenvalue weighted by Gasteiger charge is -2.66. The monoisotopic (exact) mass is 457 g/mol. The van der Waals surface area contributed by atoms with Crippen LogP contribution in [0.2, 0.25) is 0 Å². The van der Waals surface area contributed by atoms with Crippen LogP contribution in [0.3, 0.4) is 0 Å². The second kappa shape index (κ2) is 7.37. The Morgan fingerprint density at radius 1 is 1.18 bits per heavy atom. The summed E-state index contributed by atoms with van der Waals surface area (Å²) < 4.78 is 11.9. The molecule has 1 unspecified atom stereocenters. The molecule has 178 valence electrons. The first-order valence-electron chi connectivity index (χ1n) is 11.5. The van der Waals surface area contributed by atoms with E-state index in [4.69, 9.17) is 9.15 Å². The van der Waals surface area contributed by atoms with E-state index in [0.717, 1.165) is 0 Å². The molecule has 8 atom stereocenters. The lowest BCUT2D eigenvalue weighted by atomic mass is 9.42. The third-order valence-corrected chi connectivity index (χ3v) is 8.94. The van der Waals surface area contributed by atoms with Crippen LogP contribution in [0.4, 0.5) is 0 Å². The summed E-state index contributed by atoms with van der Waals surface area (Å²) in [6.07, 6.45) is 1.56. The molecular formula is C25H31NO7. The third-order valence-electron chi connectivity index (χ3n) is 8.94. The quantitative estimate of drug-likeness (QED) is 0.539. The zero-order valence-electron chi connectivity index (χ0n) is 19.1. The van der Waals surface area contributed by atoms with Gasteiger partial charge in [0.05, 0.1) is 24.9 Å². The Hall–Kier alpha value is -2.26. The highest BCUT2D eigenvalue weighted by Gasteiger charge is 2.68. The number of aromatic nitrogens is 1. The molecule has 4 N–H and O–H groups in total. The molecular weight excluding hydrogens is 426 g/mol. The molecule has 0 aromatic carbocycles. The van der Waals surface area contributed by atoms with Crippen LogP contribution in [0, 0.1) is 22.7 Å². The lowest BCUT2D eigenvalue weighted by Crippen LogP contribution is -2.70. The summed E-state index contributed by atoms with van der Waals surface area (Å²) in [5.41, 5.74) is -2.67. The molecule has 1 aliphatic heterocycles. The zero-order chi connectivity index (χ0) is 23.8. The van der Waals surface area contributed by atoms with Gasteiger partial charge < -0.3 is 29.6 Å². The van der Waals surface area contributed by atoms with Crippen molar-refractivity contribution in [3.8, 4) is 17.1 Å². The van der Waals surface area contributed by atoms with E-state index in [2.05, 4.69) is 4.98 Å². The second-order valence-corrected chi connectivity index (χ2v) is 10.7. The number of hydrogen-bond donors (Lipinski definition) is 4. The minimum atomic E-state index is -1.24. The Morgan fingerprint density at radius 3 is 2.61 bits per heavy atom. The molecule has 0 spiro atoms. The second-order valence-electron chi connectivity index (χ2n) is 10.7. The van der Waals surface area contributed by atoms with Gasteiger partial charge in [0, 0.05) is 35.4 Å². The number of ether oxygens (including phenoxy) is 1. The molecule has 0 amide bonds. The van der Waals surface area contributed by atoms with Crippen LogP contribution < -0.4 is 10.4 Å². The highest BCUT2D eigenvalue weighted by atomic mass is 16.5. The fraction of sp³-hybridized carbons (Fsp3) is 0.600. The Bertz CT molecular complexity index is 1120. The molecule has 0 bridgehead atoms. The van der Waals surface area contributed by atoms with Crippen LogP contribution in [-0.4, -0.2) is 49.8 Å². The Balaban J connectivity index is 1.65. The highest BCUT2D eigenvalue weighted by molar-refractivity contribution is 5.59. The van der Waals surface area contributed by atoms with Gasteiger partial charge in [0.1, 0.15) is 22.7 Å². The maximum absolute atomic E-state index is 13.1. The first-order valence-corrected chi connectivity index (χ1v) is 11.5. The number of aliphatic hydroxyl groups excluding tert-OH is 4. The first-order chi connectivity index (χ1) is 15.6. The predicted molar refractivity (Wildman–Crippen MR) is 118 cm³/mol. The number of rotatable bonds is 2. The van der Waals surface area contributed by atoms with Crippen molar-refractivity contribution < 1.29 is 29.6 Å². The van der Waals surface area contributed by atoms with Gasteiger partial charge in [-0.25, -0.2) is 4.79 Å². The number of aliphatic hydroxyl groups is 4. The summed E-state index contributed by atoms with van der Waals surface area (Å²) in [4.78, 5) is 17.1. The summed E-state index contributed by atoms with van der Waals surface area (Å²) in [7, 11) is 0. The van der Waals surface area contributed by atoms with Gasteiger partial charge in [0.25, 0.3) is 0 Å². The smallest absolute Gasteiger partial charge is 0.345 e. The van der Waals surface area contributed by atoms with Crippen LogP contribution in [0.1, 0.15) is 51.7 Å². The van der Waals surface area contributed by atoms with Crippen LogP contribution in [0.5, 0.6) is 5.75 Å². The van der Waals surface area contributed by atoms with Gasteiger partial charge >= 0.3 is 5.63 Å². The summed E-state index contributed by atoms with van der Waals surface area (Å²) in [5, 5.41) is 43.9. The van der Waals surface area contributed by atoms with Crippen LogP contribution in [0.25, 0.3) is 11.3 Å². The first kappa shape index (κ1) is 22.5. The van der Waals surface area contributed by atoms with Gasteiger partial charge in [-0.3, -0.25) is 4.98 Å². The van der Waals surface area contributed by atoms with Crippen LogP contribution >= 0.6 is 0 Å². The predicted octanol–water partition coefficient (Wildman–Crippen LogP) is 2.04. The Labute approximate surface area is 191 Å². The highest BCUT2D eigenvalue weighted by Crippen LogP contribution is 2.66. The van der Waals surface area contributed by atoms with Gasteiger partial charge in [-0.1, -0.05) is 13.8 Å². The molecule has 0 radical (unpaired) electrons. The van der Waals surface area contributed by atoms with E-state index in [1.54, 1.807) is 37.5 Å². The molecule has 3 aliphatic rings. The van der Waals surface area contributed by atoms with Gasteiger partial charge in [-0.15, -0.1) is 0 Å². The number of nitrogens with zero attached hydrogens (tertiary/aromatic N) is 1. The largest absolute Gasteiger partial charge is 0.484 e. The average Bonchev–Trinajstić information content (AvgIpc) is 2.78. The zero-order valence-corrected chi connectivity index (χ0v) is 19.1. The molecule has 2 saturated carbocycles. The lowest BCUT2D eigenvalue weighted by molar-refractivity contribution is -0.264. The average molecular weight is 458 g/mol. The van der Waals surface area contributed by atoms with Gasteiger partial charge in [-0.05, 0) is 49.7 Å². The van der Waals surface area contributed by atoms with E-state index in [1.807, 2.05) is 13.8 Å². The van der Waals surface area contributed by atoms with Crippen molar-refractivity contribution in [1.82, 2.24) is 4.98 Å². The summed E-state index contributed by atoms with van der Waals surface area (Å²) in [5.74, 6) is -0.465. The molecule has 0 saturated heterocycles. The molecule has 3 heterocycles. The molecule has 8 nitrogen and oxygen atoms in total. The maximum atomic E-state index is 13.1. The number of pyridine rings is 1. The summed E-state index contributed by atoms with van der Waals surface area (Å²) in [6, 6.07) is 5.05. The molecule has 33 heavy (non-hydrogen) atoms. The van der Waals surface area contributed by atoms with E-state index >= 15 is 0 Å². The summed E-state index contributed by atoms with van der Waals surface area (Å²) in [6.45, 7) is 5.37. The van der Waals surface area contributed by atoms with Gasteiger partial charge in [-0.2, -0.15) is 0 Å². The molecule has 8 heteroatoms. The molecule has 5 rings (SSSR count). The van der Waals surface area contributed by atoms with Crippen molar-refractivity contribution in [3.05, 3.63) is 46.6 Å². The van der Waals surface area contributed by atoms with Crippen molar-refractivity contribution in [3.63, 3.8) is 0 Å². The third kappa shape index (κ3) is 2.97. The van der Waals surface area contributed by atoms with Gasteiger partial charge in [0.15, 0.2) is 0 Å². The van der Waals surface area contributed by atoms with Crippen molar-refractivity contribution in [2.24, 2.45) is 22.7 Å².